The van der Waals surface area contributed by atoms with Crippen LogP contribution < -0.4 is 9.47 Å². The summed E-state index contributed by atoms with van der Waals surface area (Å²) in [6.07, 6.45) is 7.68. The lowest BCUT2D eigenvalue weighted by Gasteiger charge is -2.46. The number of rotatable bonds is 2. The molecule has 0 aromatic heterocycles. The summed E-state index contributed by atoms with van der Waals surface area (Å²) in [5, 5.41) is 0. The van der Waals surface area contributed by atoms with Gasteiger partial charge in [-0.25, -0.2) is 0 Å². The fraction of sp³-hybridized carbons (Fsp3) is 0.591. The molecule has 2 aliphatic heterocycles. The van der Waals surface area contributed by atoms with E-state index in [4.69, 9.17) is 9.47 Å². The number of carbonyl (C=O) groups is 1. The minimum Gasteiger partial charge on any atom is -0.486 e. The van der Waals surface area contributed by atoms with Crippen LogP contribution in [0.25, 0.3) is 0 Å². The Kier molecular flexibility index (Phi) is 4.45. The van der Waals surface area contributed by atoms with E-state index in [-0.39, 0.29) is 17.4 Å². The van der Waals surface area contributed by atoms with Crippen molar-refractivity contribution in [3.63, 3.8) is 0 Å². The lowest BCUT2D eigenvalue weighted by atomic mass is 9.71. The topological polar surface area (TPSA) is 38.8 Å². The van der Waals surface area contributed by atoms with E-state index in [9.17, 15) is 4.79 Å². The van der Waals surface area contributed by atoms with Gasteiger partial charge in [0.05, 0.1) is 6.04 Å². The molecular formula is C22H29NO3. The first-order chi connectivity index (χ1) is 12.6. The van der Waals surface area contributed by atoms with Crippen molar-refractivity contribution in [3.8, 4) is 11.5 Å². The van der Waals surface area contributed by atoms with Crippen molar-refractivity contribution in [2.45, 2.75) is 64.3 Å². The maximum absolute atomic E-state index is 13.1. The number of fused-ring (bicyclic) bond motifs is 3. The maximum Gasteiger partial charge on any atom is 0.249 e. The molecule has 1 aromatic rings. The van der Waals surface area contributed by atoms with E-state index in [2.05, 4.69) is 30.9 Å². The molecule has 1 unspecified atom stereocenters. The molecule has 2 heterocycles. The molecule has 140 valence electrons. The Morgan fingerprint density at radius 2 is 1.88 bits per heavy atom. The fourth-order valence-corrected chi connectivity index (χ4v) is 4.97. The molecule has 0 bridgehead atoms. The highest BCUT2D eigenvalue weighted by Crippen LogP contribution is 2.52. The Morgan fingerprint density at radius 3 is 2.54 bits per heavy atom. The molecule has 1 aliphatic carbocycles. The third kappa shape index (κ3) is 2.70. The summed E-state index contributed by atoms with van der Waals surface area (Å²) in [5.74, 6) is 1.87. The Hall–Kier alpha value is -1.97. The average Bonchev–Trinajstić information content (AvgIpc) is 3.12. The number of allylic oxidation sites excluding steroid dienone is 1. The van der Waals surface area contributed by atoms with E-state index >= 15 is 0 Å². The van der Waals surface area contributed by atoms with Crippen molar-refractivity contribution in [2.75, 3.05) is 19.8 Å². The lowest BCUT2D eigenvalue weighted by Crippen LogP contribution is -2.49. The number of benzene rings is 1. The van der Waals surface area contributed by atoms with Crippen molar-refractivity contribution in [1.29, 1.82) is 0 Å². The molecule has 1 aromatic carbocycles. The van der Waals surface area contributed by atoms with Crippen LogP contribution in [-0.4, -0.2) is 30.6 Å². The van der Waals surface area contributed by atoms with Crippen LogP contribution in [0.4, 0.5) is 0 Å². The zero-order chi connectivity index (χ0) is 18.3. The van der Waals surface area contributed by atoms with Gasteiger partial charge < -0.3 is 14.4 Å². The van der Waals surface area contributed by atoms with Gasteiger partial charge in [0, 0.05) is 17.5 Å². The van der Waals surface area contributed by atoms with Crippen LogP contribution in [-0.2, 0) is 10.2 Å². The molecule has 1 atom stereocenters. The van der Waals surface area contributed by atoms with E-state index < -0.39 is 0 Å². The molecule has 3 aliphatic rings. The van der Waals surface area contributed by atoms with E-state index in [0.717, 1.165) is 42.9 Å². The van der Waals surface area contributed by atoms with Crippen LogP contribution in [0.1, 0.15) is 70.0 Å². The second kappa shape index (κ2) is 6.64. The monoisotopic (exact) mass is 355 g/mol. The summed E-state index contributed by atoms with van der Waals surface area (Å²) < 4.78 is 11.7. The minimum absolute atomic E-state index is 0.0553. The quantitative estimate of drug-likeness (QED) is 0.732. The number of nitrogens with zero attached hydrogens (tertiary/aromatic N) is 1. The van der Waals surface area contributed by atoms with Gasteiger partial charge in [-0.15, -0.1) is 0 Å². The van der Waals surface area contributed by atoms with Crippen LogP contribution in [0.5, 0.6) is 11.5 Å². The Labute approximate surface area is 156 Å². The molecule has 0 saturated heterocycles. The van der Waals surface area contributed by atoms with Crippen molar-refractivity contribution in [1.82, 2.24) is 4.90 Å². The lowest BCUT2D eigenvalue weighted by molar-refractivity contribution is -0.131. The van der Waals surface area contributed by atoms with Gasteiger partial charge in [0.2, 0.25) is 5.91 Å². The summed E-state index contributed by atoms with van der Waals surface area (Å²) in [4.78, 5) is 15.2. The Morgan fingerprint density at radius 1 is 1.23 bits per heavy atom. The van der Waals surface area contributed by atoms with Gasteiger partial charge in [-0.05, 0) is 56.4 Å². The molecule has 0 radical (unpaired) electrons. The van der Waals surface area contributed by atoms with Crippen LogP contribution >= 0.6 is 0 Å². The van der Waals surface area contributed by atoms with Crippen molar-refractivity contribution in [2.24, 2.45) is 0 Å². The molecule has 1 saturated carbocycles. The zero-order valence-electron chi connectivity index (χ0n) is 16.1. The number of hydrogen-bond acceptors (Lipinski definition) is 3. The fourth-order valence-electron chi connectivity index (χ4n) is 4.97. The molecule has 1 fully saturated rings. The van der Waals surface area contributed by atoms with Gasteiger partial charge in [-0.3, -0.25) is 4.79 Å². The largest absolute Gasteiger partial charge is 0.486 e. The minimum atomic E-state index is 0.0553. The zero-order valence-corrected chi connectivity index (χ0v) is 16.1. The molecule has 4 nitrogen and oxygen atoms in total. The second-order valence-corrected chi connectivity index (χ2v) is 7.97. The smallest absolute Gasteiger partial charge is 0.249 e. The van der Waals surface area contributed by atoms with Gasteiger partial charge in [-0.2, -0.15) is 0 Å². The van der Waals surface area contributed by atoms with E-state index in [1.54, 1.807) is 0 Å². The van der Waals surface area contributed by atoms with Crippen LogP contribution in [0.15, 0.2) is 23.8 Å². The van der Waals surface area contributed by atoms with Crippen molar-refractivity contribution >= 4 is 5.91 Å². The SMILES string of the molecule is CCC=C(C)C(=O)N1CC2(CCCC2)c2cc3c(cc2C1C)OCCO3. The predicted molar refractivity (Wildman–Crippen MR) is 102 cm³/mol. The highest BCUT2D eigenvalue weighted by Gasteiger charge is 2.46. The Bertz CT molecular complexity index is 746. The standard InChI is InChI=1S/C22H29NO3/c1-4-7-15(2)21(24)23-14-22(8-5-6-9-22)18-13-20-19(25-10-11-26-20)12-17(18)16(23)3/h7,12-13,16H,4-6,8-11,14H2,1-3H3. The molecule has 1 amide bonds. The van der Waals surface area contributed by atoms with Gasteiger partial charge in [0.1, 0.15) is 13.2 Å². The van der Waals surface area contributed by atoms with Crippen LogP contribution in [0, 0.1) is 0 Å². The normalized spacial score (nSPS) is 23.9. The van der Waals surface area contributed by atoms with Gasteiger partial charge in [0.25, 0.3) is 0 Å². The van der Waals surface area contributed by atoms with E-state index in [1.807, 2.05) is 13.0 Å². The number of hydrogen-bond donors (Lipinski definition) is 0. The van der Waals surface area contributed by atoms with Gasteiger partial charge in [0.15, 0.2) is 11.5 Å². The first kappa shape index (κ1) is 17.4. The first-order valence-electron chi connectivity index (χ1n) is 9.97. The molecule has 0 N–H and O–H groups in total. The van der Waals surface area contributed by atoms with Crippen LogP contribution in [0.3, 0.4) is 0 Å². The van der Waals surface area contributed by atoms with E-state index in [1.165, 1.54) is 24.0 Å². The third-order valence-electron chi connectivity index (χ3n) is 6.35. The average molecular weight is 355 g/mol. The maximum atomic E-state index is 13.1. The van der Waals surface area contributed by atoms with Crippen molar-refractivity contribution in [3.05, 3.63) is 34.9 Å². The number of amides is 1. The van der Waals surface area contributed by atoms with Gasteiger partial charge >= 0.3 is 0 Å². The highest BCUT2D eigenvalue weighted by atomic mass is 16.6. The summed E-state index contributed by atoms with van der Waals surface area (Å²) >= 11 is 0. The Balaban J connectivity index is 1.80. The first-order valence-corrected chi connectivity index (χ1v) is 9.97. The molecular weight excluding hydrogens is 326 g/mol. The molecule has 4 heteroatoms. The predicted octanol–water partition coefficient (Wildman–Crippen LogP) is 4.53. The second-order valence-electron chi connectivity index (χ2n) is 7.97. The van der Waals surface area contributed by atoms with E-state index in [0.29, 0.717) is 13.2 Å². The molecule has 4 rings (SSSR count). The molecule has 1 spiro atoms. The highest BCUT2D eigenvalue weighted by molar-refractivity contribution is 5.93. The van der Waals surface area contributed by atoms with Crippen molar-refractivity contribution < 1.29 is 14.3 Å². The summed E-state index contributed by atoms with van der Waals surface area (Å²) in [6.45, 7) is 8.18. The third-order valence-corrected chi connectivity index (χ3v) is 6.35. The number of ether oxygens (including phenoxy) is 2. The van der Waals surface area contributed by atoms with Crippen LogP contribution in [0.2, 0.25) is 0 Å². The summed E-state index contributed by atoms with van der Waals surface area (Å²) in [5.41, 5.74) is 3.54. The summed E-state index contributed by atoms with van der Waals surface area (Å²) in [7, 11) is 0. The molecule has 26 heavy (non-hydrogen) atoms. The van der Waals surface area contributed by atoms with Gasteiger partial charge in [-0.1, -0.05) is 25.8 Å². The number of carbonyl (C=O) groups excluding carboxylic acids is 1. The summed E-state index contributed by atoms with van der Waals surface area (Å²) in [6, 6.07) is 4.40.